The summed E-state index contributed by atoms with van der Waals surface area (Å²) in [6, 6.07) is 6.60. The Morgan fingerprint density at radius 3 is 2.93 bits per heavy atom. The first kappa shape index (κ1) is 18.4. The van der Waals surface area contributed by atoms with Gasteiger partial charge >= 0.3 is 0 Å². The van der Waals surface area contributed by atoms with Crippen LogP contribution in [0.2, 0.25) is 0 Å². The number of aliphatic imine (C=N–C) groups is 1. The molecule has 4 heterocycles. The average molecular weight is 394 g/mol. The van der Waals surface area contributed by atoms with Crippen LogP contribution in [0.25, 0.3) is 0 Å². The second kappa shape index (κ2) is 6.99. The van der Waals surface area contributed by atoms with E-state index in [2.05, 4.69) is 52.5 Å². The minimum absolute atomic E-state index is 0.00733. The second-order valence-electron chi connectivity index (χ2n) is 8.28. The van der Waals surface area contributed by atoms with Crippen LogP contribution in [0.1, 0.15) is 43.4 Å². The van der Waals surface area contributed by atoms with Crippen molar-refractivity contribution in [1.82, 2.24) is 5.01 Å². The van der Waals surface area contributed by atoms with Crippen molar-refractivity contribution in [3.8, 4) is 0 Å². The molecule has 5 rings (SSSR count). The number of hydrazone groups is 1. The summed E-state index contributed by atoms with van der Waals surface area (Å²) in [5.74, 6) is 0.846. The number of allylic oxidation sites excluding steroid dienone is 1. The fourth-order valence-corrected chi connectivity index (χ4v) is 5.08. The minimum Gasteiger partial charge on any atom is -0.481 e. The summed E-state index contributed by atoms with van der Waals surface area (Å²) in [6.45, 7) is 5.64. The lowest BCUT2D eigenvalue weighted by molar-refractivity contribution is -0.119. The van der Waals surface area contributed by atoms with Crippen LogP contribution in [-0.4, -0.2) is 49.7 Å². The molecule has 4 aliphatic heterocycles. The molecule has 0 bridgehead atoms. The Labute approximate surface area is 170 Å². The van der Waals surface area contributed by atoms with Gasteiger partial charge in [-0.15, -0.1) is 0 Å². The third-order valence-electron chi connectivity index (χ3n) is 6.53. The highest BCUT2D eigenvalue weighted by Gasteiger charge is 2.45. The quantitative estimate of drug-likeness (QED) is 0.855. The van der Waals surface area contributed by atoms with Crippen LogP contribution in [0.15, 0.2) is 39.7 Å². The Morgan fingerprint density at radius 1 is 1.31 bits per heavy atom. The van der Waals surface area contributed by atoms with Crippen molar-refractivity contribution in [2.75, 3.05) is 25.6 Å². The number of hydrogen-bond acceptors (Lipinski definition) is 6. The number of rotatable bonds is 3. The lowest BCUT2D eigenvalue weighted by Gasteiger charge is -2.36. The lowest BCUT2D eigenvalue weighted by atomic mass is 9.79. The summed E-state index contributed by atoms with van der Waals surface area (Å²) in [6.07, 6.45) is 4.67. The monoisotopic (exact) mass is 394 g/mol. The lowest BCUT2D eigenvalue weighted by Crippen LogP contribution is -2.41. The normalized spacial score (nSPS) is 33.0. The number of fused-ring (bicyclic) bond motifs is 3. The van der Waals surface area contributed by atoms with Gasteiger partial charge in [-0.1, -0.05) is 19.1 Å². The molecule has 0 spiro atoms. The van der Waals surface area contributed by atoms with E-state index in [1.165, 1.54) is 0 Å². The number of hydrogen-bond donors (Lipinski definition) is 1. The largest absolute Gasteiger partial charge is 0.481 e. The number of nitrogens with one attached hydrogen (secondary N) is 1. The SMILES string of the molecule is COC1=C(C)C(c2ccc3c(c2)NC(=O)C2C=NN([C@H]4CCOC4)C32)C(C)C=N1. The first-order valence-corrected chi connectivity index (χ1v) is 10.2. The molecular formula is C22H26N4O3. The van der Waals surface area contributed by atoms with Crippen LogP contribution >= 0.6 is 0 Å². The van der Waals surface area contributed by atoms with Crippen molar-refractivity contribution in [1.29, 1.82) is 0 Å². The van der Waals surface area contributed by atoms with E-state index in [4.69, 9.17) is 9.47 Å². The maximum Gasteiger partial charge on any atom is 0.235 e. The zero-order valence-corrected chi connectivity index (χ0v) is 17.0. The van der Waals surface area contributed by atoms with Crippen LogP contribution in [0, 0.1) is 11.8 Å². The van der Waals surface area contributed by atoms with E-state index in [1.807, 2.05) is 6.21 Å². The molecule has 5 atom stereocenters. The molecule has 4 unspecified atom stereocenters. The number of carbonyl (C=O) groups is 1. The Balaban J connectivity index is 1.52. The summed E-state index contributed by atoms with van der Waals surface area (Å²) in [7, 11) is 1.65. The van der Waals surface area contributed by atoms with Crippen LogP contribution < -0.4 is 5.32 Å². The van der Waals surface area contributed by atoms with Crippen LogP contribution in [-0.2, 0) is 14.3 Å². The van der Waals surface area contributed by atoms with Gasteiger partial charge in [0.15, 0.2) is 0 Å². The zero-order valence-electron chi connectivity index (χ0n) is 17.0. The number of carbonyl (C=O) groups excluding carboxylic acids is 1. The standard InChI is InChI=1S/C22H26N4O3/c1-12-9-23-22(28-3)13(2)19(12)14-4-5-16-18(8-14)25-21(27)17-10-24-26(20(16)17)15-6-7-29-11-15/h4-5,8-10,12,15,17,19-20H,6-7,11H2,1-3H3,(H,25,27)/t12?,15-,17?,19?,20?/m0/s1. The number of benzene rings is 1. The number of anilines is 1. The van der Waals surface area contributed by atoms with Crippen molar-refractivity contribution in [2.45, 2.75) is 38.3 Å². The summed E-state index contributed by atoms with van der Waals surface area (Å²) in [4.78, 5) is 17.2. The van der Waals surface area contributed by atoms with E-state index in [0.29, 0.717) is 12.5 Å². The van der Waals surface area contributed by atoms with E-state index in [-0.39, 0.29) is 35.7 Å². The summed E-state index contributed by atoms with van der Waals surface area (Å²) < 4.78 is 11.0. The van der Waals surface area contributed by atoms with Crippen molar-refractivity contribution in [2.24, 2.45) is 21.9 Å². The Morgan fingerprint density at radius 2 is 2.17 bits per heavy atom. The minimum atomic E-state index is -0.253. The highest BCUT2D eigenvalue weighted by Crippen LogP contribution is 2.45. The fourth-order valence-electron chi connectivity index (χ4n) is 5.08. The van der Waals surface area contributed by atoms with Gasteiger partial charge in [0.05, 0.1) is 25.8 Å². The second-order valence-corrected chi connectivity index (χ2v) is 8.28. The number of amides is 1. The Hall–Kier alpha value is -2.67. The summed E-state index contributed by atoms with van der Waals surface area (Å²) in [5.41, 5.74) is 4.26. The average Bonchev–Trinajstić information content (AvgIpc) is 3.38. The number of nitrogens with zero attached hydrogens (tertiary/aromatic N) is 3. The highest BCUT2D eigenvalue weighted by atomic mass is 16.5. The Bertz CT molecular complexity index is 932. The molecule has 29 heavy (non-hydrogen) atoms. The maximum absolute atomic E-state index is 12.8. The van der Waals surface area contributed by atoms with Gasteiger partial charge in [0.1, 0.15) is 5.92 Å². The van der Waals surface area contributed by atoms with Crippen molar-refractivity contribution in [3.63, 3.8) is 0 Å². The molecule has 4 aliphatic rings. The molecule has 1 aromatic carbocycles. The fraction of sp³-hybridized carbons (Fsp3) is 0.500. The van der Waals surface area contributed by atoms with E-state index in [0.717, 1.165) is 35.4 Å². The van der Waals surface area contributed by atoms with Crippen LogP contribution in [0.4, 0.5) is 5.69 Å². The third-order valence-corrected chi connectivity index (χ3v) is 6.53. The van der Waals surface area contributed by atoms with Gasteiger partial charge in [-0.3, -0.25) is 9.80 Å². The maximum atomic E-state index is 12.8. The van der Waals surface area contributed by atoms with Crippen molar-refractivity contribution in [3.05, 3.63) is 40.8 Å². The molecule has 1 N–H and O–H groups in total. The molecule has 1 amide bonds. The summed E-state index contributed by atoms with van der Waals surface area (Å²) in [5, 5.41) is 9.79. The first-order valence-electron chi connectivity index (χ1n) is 10.2. The van der Waals surface area contributed by atoms with Crippen LogP contribution in [0.5, 0.6) is 0 Å². The molecule has 7 heteroatoms. The molecule has 152 valence electrons. The predicted molar refractivity (Wildman–Crippen MR) is 111 cm³/mol. The van der Waals surface area contributed by atoms with Gasteiger partial charge < -0.3 is 14.8 Å². The van der Waals surface area contributed by atoms with E-state index in [1.54, 1.807) is 13.3 Å². The molecule has 0 saturated carbocycles. The molecule has 0 aliphatic carbocycles. The van der Waals surface area contributed by atoms with Gasteiger partial charge in [0.2, 0.25) is 11.8 Å². The summed E-state index contributed by atoms with van der Waals surface area (Å²) >= 11 is 0. The van der Waals surface area contributed by atoms with E-state index < -0.39 is 0 Å². The van der Waals surface area contributed by atoms with Crippen molar-refractivity contribution >= 4 is 24.0 Å². The Kier molecular flexibility index (Phi) is 4.42. The molecule has 7 nitrogen and oxygen atoms in total. The van der Waals surface area contributed by atoms with E-state index >= 15 is 0 Å². The van der Waals surface area contributed by atoms with E-state index in [9.17, 15) is 4.79 Å². The number of methoxy groups -OCH3 is 1. The molecule has 1 saturated heterocycles. The molecular weight excluding hydrogens is 368 g/mol. The van der Waals surface area contributed by atoms with Crippen LogP contribution in [0.3, 0.4) is 0 Å². The number of ether oxygens (including phenoxy) is 2. The van der Waals surface area contributed by atoms with Crippen molar-refractivity contribution < 1.29 is 14.3 Å². The topological polar surface area (TPSA) is 75.5 Å². The molecule has 0 radical (unpaired) electrons. The molecule has 0 aromatic heterocycles. The molecule has 1 aromatic rings. The first-order chi connectivity index (χ1) is 14.1. The van der Waals surface area contributed by atoms with Gasteiger partial charge in [0, 0.05) is 42.1 Å². The zero-order chi connectivity index (χ0) is 20.1. The van der Waals surface area contributed by atoms with Gasteiger partial charge in [-0.25, -0.2) is 4.99 Å². The highest BCUT2D eigenvalue weighted by molar-refractivity contribution is 6.06. The smallest absolute Gasteiger partial charge is 0.235 e. The third kappa shape index (κ3) is 2.87. The van der Waals surface area contributed by atoms with Gasteiger partial charge in [-0.05, 0) is 30.5 Å². The van der Waals surface area contributed by atoms with Gasteiger partial charge in [0.25, 0.3) is 0 Å². The van der Waals surface area contributed by atoms with Gasteiger partial charge in [-0.2, -0.15) is 5.10 Å². The molecule has 1 fully saturated rings. The predicted octanol–water partition coefficient (Wildman–Crippen LogP) is 3.07.